The van der Waals surface area contributed by atoms with Crippen molar-refractivity contribution in [2.45, 2.75) is 6.42 Å². The third-order valence-corrected chi connectivity index (χ3v) is 2.40. The van der Waals surface area contributed by atoms with Gasteiger partial charge in [-0.3, -0.25) is 4.98 Å². The van der Waals surface area contributed by atoms with Gasteiger partial charge in [-0.15, -0.1) is 0 Å². The summed E-state index contributed by atoms with van der Waals surface area (Å²) in [6, 6.07) is 13.1. The van der Waals surface area contributed by atoms with Gasteiger partial charge in [-0.05, 0) is 29.8 Å². The molecule has 92 valence electrons. The molecule has 1 N–H and O–H groups in total. The van der Waals surface area contributed by atoms with Gasteiger partial charge in [0, 0.05) is 18.3 Å². The van der Waals surface area contributed by atoms with Gasteiger partial charge in [0.05, 0.1) is 0 Å². The van der Waals surface area contributed by atoms with Gasteiger partial charge in [-0.25, -0.2) is 4.79 Å². The summed E-state index contributed by atoms with van der Waals surface area (Å²) in [4.78, 5) is 14.6. The van der Waals surface area contributed by atoms with Crippen molar-refractivity contribution in [3.05, 3.63) is 59.9 Å². The highest BCUT2D eigenvalue weighted by Crippen LogP contribution is 2.14. The summed E-state index contributed by atoms with van der Waals surface area (Å²) in [5, 5.41) is 8.49. The minimum Gasteiger partial charge on any atom is -0.482 e. The first kappa shape index (κ1) is 12.1. The van der Waals surface area contributed by atoms with Crippen LogP contribution in [0.3, 0.4) is 0 Å². The summed E-state index contributed by atoms with van der Waals surface area (Å²) in [6.07, 6.45) is 2.51. The van der Waals surface area contributed by atoms with Crippen LogP contribution in [-0.4, -0.2) is 22.7 Å². The molecule has 0 spiro atoms. The number of carboxylic acid groups (broad SMARTS) is 1. The van der Waals surface area contributed by atoms with Crippen molar-refractivity contribution in [1.29, 1.82) is 0 Å². The minimum atomic E-state index is -0.979. The zero-order valence-corrected chi connectivity index (χ0v) is 9.74. The maximum atomic E-state index is 10.3. The van der Waals surface area contributed by atoms with E-state index in [0.29, 0.717) is 5.75 Å². The average molecular weight is 243 g/mol. The highest BCUT2D eigenvalue weighted by atomic mass is 16.5. The van der Waals surface area contributed by atoms with Crippen molar-refractivity contribution in [3.8, 4) is 5.75 Å². The molecule has 4 nitrogen and oxygen atoms in total. The zero-order chi connectivity index (χ0) is 12.8. The summed E-state index contributed by atoms with van der Waals surface area (Å²) in [6.45, 7) is -0.320. The van der Waals surface area contributed by atoms with Crippen LogP contribution in [-0.2, 0) is 11.2 Å². The van der Waals surface area contributed by atoms with Crippen molar-refractivity contribution in [2.75, 3.05) is 6.61 Å². The van der Waals surface area contributed by atoms with Gasteiger partial charge in [0.15, 0.2) is 6.61 Å². The van der Waals surface area contributed by atoms with E-state index in [4.69, 9.17) is 9.84 Å². The van der Waals surface area contributed by atoms with Gasteiger partial charge in [0.25, 0.3) is 0 Å². The molecule has 18 heavy (non-hydrogen) atoms. The van der Waals surface area contributed by atoms with Crippen molar-refractivity contribution >= 4 is 5.97 Å². The van der Waals surface area contributed by atoms with Gasteiger partial charge in [0.2, 0.25) is 0 Å². The van der Waals surface area contributed by atoms with E-state index < -0.39 is 5.97 Å². The van der Waals surface area contributed by atoms with Crippen LogP contribution in [0.15, 0.2) is 48.7 Å². The Bertz CT molecular complexity index is 508. The molecule has 0 saturated carbocycles. The fraction of sp³-hybridized carbons (Fsp3) is 0.143. The van der Waals surface area contributed by atoms with E-state index in [1.807, 2.05) is 30.3 Å². The molecule has 0 aliphatic carbocycles. The Balaban J connectivity index is 1.97. The molecule has 0 saturated heterocycles. The first-order valence-electron chi connectivity index (χ1n) is 5.57. The van der Waals surface area contributed by atoms with Gasteiger partial charge < -0.3 is 9.84 Å². The molecule has 0 amide bonds. The summed E-state index contributed by atoms with van der Waals surface area (Å²) >= 11 is 0. The number of rotatable bonds is 5. The van der Waals surface area contributed by atoms with E-state index in [0.717, 1.165) is 17.7 Å². The van der Waals surface area contributed by atoms with Crippen LogP contribution in [0, 0.1) is 0 Å². The molecule has 1 aromatic carbocycles. The van der Waals surface area contributed by atoms with Crippen LogP contribution in [0.25, 0.3) is 0 Å². The van der Waals surface area contributed by atoms with E-state index in [-0.39, 0.29) is 6.61 Å². The van der Waals surface area contributed by atoms with E-state index >= 15 is 0 Å². The van der Waals surface area contributed by atoms with E-state index in [9.17, 15) is 4.79 Å². The second kappa shape index (κ2) is 5.82. The van der Waals surface area contributed by atoms with Crippen LogP contribution in [0.2, 0.25) is 0 Å². The molecule has 0 bridgehead atoms. The van der Waals surface area contributed by atoms with E-state index in [1.54, 1.807) is 18.3 Å². The maximum absolute atomic E-state index is 10.3. The lowest BCUT2D eigenvalue weighted by molar-refractivity contribution is -0.139. The van der Waals surface area contributed by atoms with Gasteiger partial charge >= 0.3 is 5.97 Å². The van der Waals surface area contributed by atoms with Crippen molar-refractivity contribution in [2.24, 2.45) is 0 Å². The Morgan fingerprint density at radius 1 is 1.17 bits per heavy atom. The Morgan fingerprint density at radius 3 is 2.56 bits per heavy atom. The summed E-state index contributed by atoms with van der Waals surface area (Å²) in [5.74, 6) is -0.422. The maximum Gasteiger partial charge on any atom is 0.341 e. The second-order valence-electron chi connectivity index (χ2n) is 3.82. The molecule has 0 aliphatic heterocycles. The third-order valence-electron chi connectivity index (χ3n) is 2.40. The van der Waals surface area contributed by atoms with Crippen LogP contribution in [0.5, 0.6) is 5.75 Å². The average Bonchev–Trinajstić information content (AvgIpc) is 2.39. The van der Waals surface area contributed by atoms with Crippen LogP contribution >= 0.6 is 0 Å². The number of benzene rings is 1. The Morgan fingerprint density at radius 2 is 1.94 bits per heavy atom. The molecule has 1 heterocycles. The number of carboxylic acids is 1. The molecule has 0 radical (unpaired) electrons. The molecular formula is C14H13NO3. The number of aliphatic carboxylic acids is 1. The molecule has 1 aromatic heterocycles. The Kier molecular flexibility index (Phi) is 3.91. The quantitative estimate of drug-likeness (QED) is 0.874. The highest BCUT2D eigenvalue weighted by molar-refractivity contribution is 5.68. The Hall–Kier alpha value is -2.36. The molecule has 2 aromatic rings. The SMILES string of the molecule is O=C(O)COc1ccc(Cc2ccccn2)cc1. The lowest BCUT2D eigenvalue weighted by Crippen LogP contribution is -2.09. The normalized spacial score (nSPS) is 10.0. The predicted octanol–water partition coefficient (Wildman–Crippen LogP) is 2.14. The lowest BCUT2D eigenvalue weighted by atomic mass is 10.1. The van der Waals surface area contributed by atoms with Crippen LogP contribution < -0.4 is 4.74 Å². The van der Waals surface area contributed by atoms with E-state index in [1.165, 1.54) is 0 Å². The molecule has 0 unspecified atom stereocenters. The monoisotopic (exact) mass is 243 g/mol. The smallest absolute Gasteiger partial charge is 0.341 e. The molecule has 2 rings (SSSR count). The topological polar surface area (TPSA) is 59.4 Å². The van der Waals surface area contributed by atoms with Crippen molar-refractivity contribution in [1.82, 2.24) is 4.98 Å². The molecule has 0 atom stereocenters. The molecular weight excluding hydrogens is 230 g/mol. The zero-order valence-electron chi connectivity index (χ0n) is 9.74. The summed E-state index contributed by atoms with van der Waals surface area (Å²) < 4.78 is 5.06. The van der Waals surface area contributed by atoms with Gasteiger partial charge in [0.1, 0.15) is 5.75 Å². The lowest BCUT2D eigenvalue weighted by Gasteiger charge is -2.05. The number of hydrogen-bond acceptors (Lipinski definition) is 3. The number of carbonyl (C=O) groups is 1. The molecule has 0 aliphatic rings. The second-order valence-corrected chi connectivity index (χ2v) is 3.82. The minimum absolute atomic E-state index is 0.320. The number of nitrogens with zero attached hydrogens (tertiary/aromatic N) is 1. The van der Waals surface area contributed by atoms with Gasteiger partial charge in [-0.1, -0.05) is 18.2 Å². The van der Waals surface area contributed by atoms with Crippen molar-refractivity contribution < 1.29 is 14.6 Å². The summed E-state index contributed by atoms with van der Waals surface area (Å²) in [7, 11) is 0. The fourth-order valence-corrected chi connectivity index (χ4v) is 1.56. The molecule has 0 fully saturated rings. The highest BCUT2D eigenvalue weighted by Gasteiger charge is 2.00. The third kappa shape index (κ3) is 3.59. The number of hydrogen-bond donors (Lipinski definition) is 1. The van der Waals surface area contributed by atoms with Gasteiger partial charge in [-0.2, -0.15) is 0 Å². The fourth-order valence-electron chi connectivity index (χ4n) is 1.56. The number of pyridine rings is 1. The summed E-state index contributed by atoms with van der Waals surface area (Å²) in [5.41, 5.74) is 2.10. The number of ether oxygens (including phenoxy) is 1. The molecule has 4 heteroatoms. The first-order chi connectivity index (χ1) is 8.74. The Labute approximate surface area is 105 Å². The standard InChI is InChI=1S/C14H13NO3/c16-14(17)10-18-13-6-4-11(5-7-13)9-12-3-1-2-8-15-12/h1-8H,9-10H2,(H,16,17). The van der Waals surface area contributed by atoms with Crippen LogP contribution in [0.1, 0.15) is 11.3 Å². The first-order valence-corrected chi connectivity index (χ1v) is 5.57. The predicted molar refractivity (Wildman–Crippen MR) is 66.6 cm³/mol. The van der Waals surface area contributed by atoms with Crippen molar-refractivity contribution in [3.63, 3.8) is 0 Å². The largest absolute Gasteiger partial charge is 0.482 e. The van der Waals surface area contributed by atoms with Crippen LogP contribution in [0.4, 0.5) is 0 Å². The van der Waals surface area contributed by atoms with E-state index in [2.05, 4.69) is 4.98 Å². The number of aromatic nitrogens is 1.